The van der Waals surface area contributed by atoms with Crippen LogP contribution in [0.25, 0.3) is 0 Å². The van der Waals surface area contributed by atoms with Gasteiger partial charge in [0.25, 0.3) is 0 Å². The Labute approximate surface area is 182 Å². The van der Waals surface area contributed by atoms with E-state index in [2.05, 4.69) is 59.6 Å². The van der Waals surface area contributed by atoms with Gasteiger partial charge in [-0.25, -0.2) is 4.98 Å². The van der Waals surface area contributed by atoms with Gasteiger partial charge in [-0.3, -0.25) is 5.14 Å². The number of rotatable bonds is 7. The largest absolute Gasteiger partial charge is 0.393 e. The predicted molar refractivity (Wildman–Crippen MR) is 121 cm³/mol. The molecule has 1 fully saturated rings. The molecule has 2 aromatic rings. The van der Waals surface area contributed by atoms with Gasteiger partial charge in [-0.1, -0.05) is 26.0 Å². The Bertz CT molecular complexity index is 926. The Balaban J connectivity index is 1.63. The smallest absolute Gasteiger partial charge is 0.224 e. The molecule has 1 saturated carbocycles. The number of aliphatic hydroxyl groups is 1. The second-order valence-corrected chi connectivity index (χ2v) is 9.26. The fourth-order valence-corrected chi connectivity index (χ4v) is 4.31. The molecule has 7 nitrogen and oxygen atoms in total. The number of aliphatic hydroxyl groups excluding tert-OH is 1. The van der Waals surface area contributed by atoms with Crippen molar-refractivity contribution in [2.75, 3.05) is 17.2 Å². The highest BCUT2D eigenvalue weighted by molar-refractivity contribution is 7.97. The van der Waals surface area contributed by atoms with Crippen molar-refractivity contribution < 1.29 is 5.11 Å². The number of aromatic nitrogens is 2. The standard InChI is InChI=1S/C22H30N6OS/c1-14-10-15(4-6-18(14)30-24)8-9-25-21-26-13-16(12-23)20(28-21)27-17-5-7-19(29)22(2,3)11-17/h4,6,10,13,17,19,29H,5,7-9,11,24H2,1-3H3,(H2,25,26,27,28). The summed E-state index contributed by atoms with van der Waals surface area (Å²) in [5.41, 5.74) is 2.65. The van der Waals surface area contributed by atoms with Crippen LogP contribution in [0, 0.1) is 23.7 Å². The average molecular weight is 427 g/mol. The fraction of sp³-hybridized carbons (Fsp3) is 0.500. The molecule has 3 rings (SSSR count). The van der Waals surface area contributed by atoms with Crippen molar-refractivity contribution in [3.63, 3.8) is 0 Å². The normalized spacial score (nSPS) is 20.4. The molecule has 0 bridgehead atoms. The lowest BCUT2D eigenvalue weighted by atomic mass is 9.73. The van der Waals surface area contributed by atoms with Crippen molar-refractivity contribution in [3.8, 4) is 6.07 Å². The number of aryl methyl sites for hydroxylation is 1. The maximum Gasteiger partial charge on any atom is 0.224 e. The molecule has 1 aliphatic rings. The lowest BCUT2D eigenvalue weighted by molar-refractivity contribution is 0.00926. The van der Waals surface area contributed by atoms with Gasteiger partial charge < -0.3 is 15.7 Å². The number of hydrogen-bond donors (Lipinski definition) is 4. The van der Waals surface area contributed by atoms with E-state index in [4.69, 9.17) is 5.14 Å². The van der Waals surface area contributed by atoms with Crippen LogP contribution in [-0.4, -0.2) is 33.8 Å². The van der Waals surface area contributed by atoms with E-state index in [0.717, 1.165) is 30.6 Å². The highest BCUT2D eigenvalue weighted by atomic mass is 32.2. The molecule has 160 valence electrons. The molecule has 1 aromatic heterocycles. The number of nitrogens with one attached hydrogen (secondary N) is 2. The van der Waals surface area contributed by atoms with Gasteiger partial charge in [0.15, 0.2) is 0 Å². The zero-order valence-corrected chi connectivity index (χ0v) is 18.6. The van der Waals surface area contributed by atoms with E-state index in [9.17, 15) is 10.4 Å². The van der Waals surface area contributed by atoms with Crippen molar-refractivity contribution in [3.05, 3.63) is 41.1 Å². The van der Waals surface area contributed by atoms with E-state index in [1.54, 1.807) is 6.20 Å². The minimum Gasteiger partial charge on any atom is -0.393 e. The van der Waals surface area contributed by atoms with Gasteiger partial charge in [0.1, 0.15) is 17.5 Å². The molecule has 30 heavy (non-hydrogen) atoms. The number of anilines is 2. The summed E-state index contributed by atoms with van der Waals surface area (Å²) in [4.78, 5) is 9.90. The molecule has 5 N–H and O–H groups in total. The van der Waals surface area contributed by atoms with Crippen LogP contribution in [-0.2, 0) is 6.42 Å². The molecule has 0 aliphatic heterocycles. The Morgan fingerprint density at radius 1 is 1.37 bits per heavy atom. The molecule has 0 amide bonds. The number of hydrogen-bond acceptors (Lipinski definition) is 8. The summed E-state index contributed by atoms with van der Waals surface area (Å²) >= 11 is 1.26. The summed E-state index contributed by atoms with van der Waals surface area (Å²) in [6.07, 6.45) is 4.49. The summed E-state index contributed by atoms with van der Waals surface area (Å²) in [6.45, 7) is 6.89. The van der Waals surface area contributed by atoms with E-state index < -0.39 is 0 Å². The topological polar surface area (TPSA) is 120 Å². The highest BCUT2D eigenvalue weighted by Crippen LogP contribution is 2.37. The van der Waals surface area contributed by atoms with Crippen molar-refractivity contribution in [2.24, 2.45) is 10.6 Å². The third kappa shape index (κ3) is 5.42. The Hall–Kier alpha value is -2.34. The molecule has 0 spiro atoms. The first-order chi connectivity index (χ1) is 14.3. The average Bonchev–Trinajstić information content (AvgIpc) is 2.71. The van der Waals surface area contributed by atoms with Crippen molar-refractivity contribution in [2.45, 2.75) is 63.5 Å². The van der Waals surface area contributed by atoms with Crippen molar-refractivity contribution >= 4 is 23.7 Å². The lowest BCUT2D eigenvalue weighted by Gasteiger charge is -2.40. The predicted octanol–water partition coefficient (Wildman–Crippen LogP) is 3.63. The van der Waals surface area contributed by atoms with Crippen LogP contribution >= 0.6 is 11.9 Å². The van der Waals surface area contributed by atoms with Gasteiger partial charge in [0.05, 0.1) is 12.3 Å². The van der Waals surface area contributed by atoms with Gasteiger partial charge in [0, 0.05) is 17.5 Å². The van der Waals surface area contributed by atoms with E-state index in [-0.39, 0.29) is 17.6 Å². The second kappa shape index (κ2) is 9.65. The summed E-state index contributed by atoms with van der Waals surface area (Å²) in [5.74, 6) is 1.05. The number of benzene rings is 1. The van der Waals surface area contributed by atoms with Crippen LogP contribution in [0.2, 0.25) is 0 Å². The molecule has 1 aromatic carbocycles. The van der Waals surface area contributed by atoms with Crippen LogP contribution < -0.4 is 15.8 Å². The fourth-order valence-electron chi connectivity index (χ4n) is 3.92. The zero-order chi connectivity index (χ0) is 21.7. The number of nitrogens with zero attached hydrogens (tertiary/aromatic N) is 3. The Morgan fingerprint density at radius 3 is 2.83 bits per heavy atom. The summed E-state index contributed by atoms with van der Waals surface area (Å²) in [7, 11) is 0. The second-order valence-electron chi connectivity index (χ2n) is 8.59. The van der Waals surface area contributed by atoms with Gasteiger partial charge in [0.2, 0.25) is 5.95 Å². The molecule has 0 saturated heterocycles. The summed E-state index contributed by atoms with van der Waals surface area (Å²) in [5, 5.41) is 31.9. The minimum atomic E-state index is -0.297. The zero-order valence-electron chi connectivity index (χ0n) is 17.8. The first-order valence-electron chi connectivity index (χ1n) is 10.2. The van der Waals surface area contributed by atoms with E-state index in [0.29, 0.717) is 23.9 Å². The first kappa shape index (κ1) is 22.3. The molecule has 1 heterocycles. The van der Waals surface area contributed by atoms with Crippen molar-refractivity contribution in [1.82, 2.24) is 9.97 Å². The van der Waals surface area contributed by atoms with Crippen LogP contribution in [0.5, 0.6) is 0 Å². The summed E-state index contributed by atoms with van der Waals surface area (Å²) < 4.78 is 0. The Morgan fingerprint density at radius 2 is 2.17 bits per heavy atom. The Kier molecular flexibility index (Phi) is 7.19. The van der Waals surface area contributed by atoms with Gasteiger partial charge >= 0.3 is 0 Å². The third-order valence-corrected chi connectivity index (χ3v) is 6.49. The molecule has 2 unspecified atom stereocenters. The number of nitrogens with two attached hydrogens (primary N) is 1. The van der Waals surface area contributed by atoms with Crippen molar-refractivity contribution in [1.29, 1.82) is 5.26 Å². The van der Waals surface area contributed by atoms with E-state index in [1.165, 1.54) is 23.1 Å². The maximum atomic E-state index is 10.2. The van der Waals surface area contributed by atoms with Gasteiger partial charge in [-0.15, -0.1) is 0 Å². The van der Waals surface area contributed by atoms with E-state index >= 15 is 0 Å². The summed E-state index contributed by atoms with van der Waals surface area (Å²) in [6, 6.07) is 8.59. The van der Waals surface area contributed by atoms with E-state index in [1.807, 2.05) is 6.07 Å². The maximum absolute atomic E-state index is 10.2. The van der Waals surface area contributed by atoms with Gasteiger partial charge in [-0.05, 0) is 67.2 Å². The van der Waals surface area contributed by atoms with Crippen LogP contribution in [0.3, 0.4) is 0 Å². The minimum absolute atomic E-state index is 0.160. The molecular formula is C22H30N6OS. The quantitative estimate of drug-likeness (QED) is 0.496. The first-order valence-corrected chi connectivity index (χ1v) is 11.1. The monoisotopic (exact) mass is 426 g/mol. The number of nitriles is 1. The molecule has 1 aliphatic carbocycles. The highest BCUT2D eigenvalue weighted by Gasteiger charge is 2.35. The van der Waals surface area contributed by atoms with Crippen LogP contribution in [0.15, 0.2) is 29.3 Å². The molecule has 8 heteroatoms. The molecule has 2 atom stereocenters. The molecular weight excluding hydrogens is 396 g/mol. The SMILES string of the molecule is Cc1cc(CCNc2ncc(C#N)c(NC3CCC(O)C(C)(C)C3)n2)ccc1SN. The van der Waals surface area contributed by atoms with Gasteiger partial charge in [-0.2, -0.15) is 10.2 Å². The van der Waals surface area contributed by atoms with Crippen LogP contribution in [0.1, 0.15) is 49.8 Å². The van der Waals surface area contributed by atoms with Crippen LogP contribution in [0.4, 0.5) is 11.8 Å². The third-order valence-electron chi connectivity index (χ3n) is 5.78. The molecule has 0 radical (unpaired) electrons. The lowest BCUT2D eigenvalue weighted by Crippen LogP contribution is -2.41.